The van der Waals surface area contributed by atoms with Gasteiger partial charge in [0.2, 0.25) is 0 Å². The second-order valence-electron chi connectivity index (χ2n) is 7.37. The van der Waals surface area contributed by atoms with E-state index in [0.29, 0.717) is 0 Å². The number of hydrogen-bond acceptors (Lipinski definition) is 2. The van der Waals surface area contributed by atoms with Gasteiger partial charge in [0.25, 0.3) is 0 Å². The fourth-order valence-corrected chi connectivity index (χ4v) is 3.84. The molecule has 2 nitrogen and oxygen atoms in total. The monoisotopic (exact) mass is 340 g/mol. The molecule has 0 saturated carbocycles. The van der Waals surface area contributed by atoms with E-state index < -0.39 is 0 Å². The summed E-state index contributed by atoms with van der Waals surface area (Å²) in [5.74, 6) is 0.596. The van der Waals surface area contributed by atoms with Crippen LogP contribution in [0.4, 0.5) is 4.39 Å². The minimum atomic E-state index is -0.150. The molecule has 1 heterocycles. The predicted octanol–water partition coefficient (Wildman–Crippen LogP) is 4.21. The summed E-state index contributed by atoms with van der Waals surface area (Å²) >= 11 is 0. The summed E-state index contributed by atoms with van der Waals surface area (Å²) in [5, 5.41) is 0. The van der Waals surface area contributed by atoms with E-state index in [1.54, 1.807) is 12.1 Å². The summed E-state index contributed by atoms with van der Waals surface area (Å²) in [6.45, 7) is 5.62. The standard InChI is InChI=1S/C22H29FN2/c1-24(16-20-6-3-2-4-7-20)17-21-8-5-14-25(18-21)15-13-19-9-11-22(23)12-10-19/h2-4,6-7,9-12,21H,5,8,13-18H2,1H3. The third-order valence-electron chi connectivity index (χ3n) is 5.10. The highest BCUT2D eigenvalue weighted by Gasteiger charge is 2.20. The minimum Gasteiger partial charge on any atom is -0.303 e. The molecule has 0 aliphatic carbocycles. The van der Waals surface area contributed by atoms with Crippen LogP contribution in [-0.2, 0) is 13.0 Å². The Morgan fingerprint density at radius 3 is 2.56 bits per heavy atom. The van der Waals surface area contributed by atoms with Crippen LogP contribution in [0, 0.1) is 11.7 Å². The fourth-order valence-electron chi connectivity index (χ4n) is 3.84. The van der Waals surface area contributed by atoms with Crippen LogP contribution >= 0.6 is 0 Å². The second-order valence-corrected chi connectivity index (χ2v) is 7.37. The van der Waals surface area contributed by atoms with Crippen molar-refractivity contribution in [1.82, 2.24) is 9.80 Å². The highest BCUT2D eigenvalue weighted by molar-refractivity contribution is 5.16. The molecule has 1 atom stereocenters. The van der Waals surface area contributed by atoms with Crippen LogP contribution in [0.1, 0.15) is 24.0 Å². The van der Waals surface area contributed by atoms with E-state index in [2.05, 4.69) is 47.2 Å². The molecule has 0 radical (unpaired) electrons. The van der Waals surface area contributed by atoms with Gasteiger partial charge in [-0.2, -0.15) is 0 Å². The van der Waals surface area contributed by atoms with Crippen molar-refractivity contribution in [2.45, 2.75) is 25.8 Å². The van der Waals surface area contributed by atoms with E-state index in [4.69, 9.17) is 0 Å². The molecule has 1 saturated heterocycles. The quantitative estimate of drug-likeness (QED) is 0.745. The summed E-state index contributed by atoms with van der Waals surface area (Å²) in [4.78, 5) is 5.03. The molecule has 0 bridgehead atoms. The molecule has 0 spiro atoms. The van der Waals surface area contributed by atoms with Crippen LogP contribution in [0.25, 0.3) is 0 Å². The lowest BCUT2D eigenvalue weighted by Crippen LogP contribution is -2.40. The molecule has 2 aromatic carbocycles. The Morgan fingerprint density at radius 2 is 1.80 bits per heavy atom. The van der Waals surface area contributed by atoms with Gasteiger partial charge in [-0.05, 0) is 62.0 Å². The van der Waals surface area contributed by atoms with Crippen molar-refractivity contribution in [2.75, 3.05) is 33.2 Å². The number of halogens is 1. The smallest absolute Gasteiger partial charge is 0.123 e. The maximum absolute atomic E-state index is 13.0. The van der Waals surface area contributed by atoms with Gasteiger partial charge in [-0.25, -0.2) is 4.39 Å². The Kier molecular flexibility index (Phi) is 6.60. The molecule has 2 aromatic rings. The number of likely N-dealkylation sites (tertiary alicyclic amines) is 1. The van der Waals surface area contributed by atoms with Gasteiger partial charge in [0.05, 0.1) is 0 Å². The molecule has 1 fully saturated rings. The van der Waals surface area contributed by atoms with Crippen molar-refractivity contribution in [3.05, 3.63) is 71.5 Å². The van der Waals surface area contributed by atoms with Gasteiger partial charge in [-0.15, -0.1) is 0 Å². The summed E-state index contributed by atoms with van der Waals surface area (Å²) < 4.78 is 13.0. The van der Waals surface area contributed by atoms with E-state index in [0.717, 1.165) is 32.0 Å². The van der Waals surface area contributed by atoms with E-state index >= 15 is 0 Å². The van der Waals surface area contributed by atoms with Crippen LogP contribution in [0.5, 0.6) is 0 Å². The van der Waals surface area contributed by atoms with Gasteiger partial charge >= 0.3 is 0 Å². The maximum Gasteiger partial charge on any atom is 0.123 e. The first-order chi connectivity index (χ1) is 12.2. The maximum atomic E-state index is 13.0. The van der Waals surface area contributed by atoms with Crippen LogP contribution in [0.3, 0.4) is 0 Å². The zero-order chi connectivity index (χ0) is 17.5. The normalized spacial score (nSPS) is 18.6. The first-order valence-corrected chi connectivity index (χ1v) is 9.38. The van der Waals surface area contributed by atoms with Crippen molar-refractivity contribution < 1.29 is 4.39 Å². The SMILES string of the molecule is CN(Cc1ccccc1)CC1CCCN(CCc2ccc(F)cc2)C1. The largest absolute Gasteiger partial charge is 0.303 e. The Hall–Kier alpha value is -1.71. The average Bonchev–Trinajstić information content (AvgIpc) is 2.62. The number of nitrogens with zero attached hydrogens (tertiary/aromatic N) is 2. The molecule has 0 N–H and O–H groups in total. The van der Waals surface area contributed by atoms with E-state index in [9.17, 15) is 4.39 Å². The Morgan fingerprint density at radius 1 is 1.04 bits per heavy atom. The lowest BCUT2D eigenvalue weighted by atomic mass is 9.97. The first-order valence-electron chi connectivity index (χ1n) is 9.38. The molecule has 3 heteroatoms. The molecule has 134 valence electrons. The third-order valence-corrected chi connectivity index (χ3v) is 5.10. The predicted molar refractivity (Wildman–Crippen MR) is 102 cm³/mol. The molecule has 1 aliphatic rings. The Labute approximate surface area is 151 Å². The molecule has 25 heavy (non-hydrogen) atoms. The van der Waals surface area contributed by atoms with E-state index in [-0.39, 0.29) is 5.82 Å². The van der Waals surface area contributed by atoms with Crippen LogP contribution < -0.4 is 0 Å². The average molecular weight is 340 g/mol. The van der Waals surface area contributed by atoms with Crippen LogP contribution in [0.15, 0.2) is 54.6 Å². The highest BCUT2D eigenvalue weighted by atomic mass is 19.1. The van der Waals surface area contributed by atoms with Crippen LogP contribution in [0.2, 0.25) is 0 Å². The number of rotatable bonds is 7. The minimum absolute atomic E-state index is 0.150. The lowest BCUT2D eigenvalue weighted by molar-refractivity contribution is 0.142. The van der Waals surface area contributed by atoms with Gasteiger partial charge in [0.15, 0.2) is 0 Å². The van der Waals surface area contributed by atoms with Gasteiger partial charge < -0.3 is 9.80 Å². The topological polar surface area (TPSA) is 6.48 Å². The molecule has 3 rings (SSSR count). The molecule has 1 unspecified atom stereocenters. The van der Waals surface area contributed by atoms with Gasteiger partial charge in [0, 0.05) is 26.2 Å². The van der Waals surface area contributed by atoms with Crippen molar-refractivity contribution in [1.29, 1.82) is 0 Å². The molecule has 1 aliphatic heterocycles. The van der Waals surface area contributed by atoms with Crippen molar-refractivity contribution in [2.24, 2.45) is 5.92 Å². The second kappa shape index (κ2) is 9.12. The molecular weight excluding hydrogens is 311 g/mol. The highest BCUT2D eigenvalue weighted by Crippen LogP contribution is 2.18. The van der Waals surface area contributed by atoms with Crippen molar-refractivity contribution in [3.8, 4) is 0 Å². The molecule has 0 aromatic heterocycles. The van der Waals surface area contributed by atoms with Crippen molar-refractivity contribution >= 4 is 0 Å². The Balaban J connectivity index is 1.43. The van der Waals surface area contributed by atoms with Gasteiger partial charge in [-0.1, -0.05) is 42.5 Å². The van der Waals surface area contributed by atoms with Crippen molar-refractivity contribution in [3.63, 3.8) is 0 Å². The number of benzene rings is 2. The Bertz CT molecular complexity index is 626. The fraction of sp³-hybridized carbons (Fsp3) is 0.455. The zero-order valence-corrected chi connectivity index (χ0v) is 15.2. The van der Waals surface area contributed by atoms with E-state index in [1.165, 1.54) is 37.1 Å². The summed E-state index contributed by atoms with van der Waals surface area (Å²) in [7, 11) is 2.23. The zero-order valence-electron chi connectivity index (χ0n) is 15.2. The summed E-state index contributed by atoms with van der Waals surface area (Å²) in [6, 6.07) is 17.6. The third kappa shape index (κ3) is 5.94. The first kappa shape index (κ1) is 18.1. The van der Waals surface area contributed by atoms with Gasteiger partial charge in [-0.3, -0.25) is 0 Å². The van der Waals surface area contributed by atoms with Crippen LogP contribution in [-0.4, -0.2) is 43.0 Å². The summed E-state index contributed by atoms with van der Waals surface area (Å²) in [6.07, 6.45) is 3.62. The number of hydrogen-bond donors (Lipinski definition) is 0. The van der Waals surface area contributed by atoms with Gasteiger partial charge in [0.1, 0.15) is 5.82 Å². The van der Waals surface area contributed by atoms with E-state index in [1.807, 2.05) is 12.1 Å². The summed E-state index contributed by atoms with van der Waals surface area (Å²) in [5.41, 5.74) is 2.61. The lowest BCUT2D eigenvalue weighted by Gasteiger charge is -2.34. The molecular formula is C22H29FN2. The number of piperidine rings is 1. The molecule has 0 amide bonds.